The molecule has 9 aromatic carbocycles. The molecule has 0 heterocycles. The topological polar surface area (TPSA) is 3.24 Å². The number of hydrogen-bond donors (Lipinski definition) is 0. The minimum atomic E-state index is -0.489. The molecule has 0 amide bonds. The maximum atomic E-state index is 2.39. The lowest BCUT2D eigenvalue weighted by Crippen LogP contribution is -2.44. The lowest BCUT2D eigenvalue weighted by atomic mass is 9.51. The van der Waals surface area contributed by atoms with Crippen LogP contribution in [-0.4, -0.2) is 7.05 Å². The molecule has 0 aromatic heterocycles. The van der Waals surface area contributed by atoms with Gasteiger partial charge in [-0.25, -0.2) is 0 Å². The van der Waals surface area contributed by atoms with Gasteiger partial charge in [0.2, 0.25) is 0 Å². The zero-order valence-corrected chi connectivity index (χ0v) is 34.9. The molecule has 9 aromatic rings. The number of hydrogen-bond acceptors (Lipinski definition) is 1. The predicted molar refractivity (Wildman–Crippen MR) is 254 cm³/mol. The third-order valence-corrected chi connectivity index (χ3v) is 13.9. The molecule has 0 bridgehead atoms. The first kappa shape index (κ1) is 36.8. The van der Waals surface area contributed by atoms with E-state index < -0.39 is 10.8 Å². The third kappa shape index (κ3) is 5.20. The first-order valence-electron chi connectivity index (χ1n) is 21.5. The lowest BCUT2D eigenvalue weighted by Gasteiger charge is -2.50. The second kappa shape index (κ2) is 14.2. The first-order chi connectivity index (χ1) is 30.0. The minimum Gasteiger partial charge on any atom is -0.344 e. The normalized spacial score (nSPS) is 14.9. The van der Waals surface area contributed by atoms with Crippen molar-refractivity contribution in [3.05, 3.63) is 286 Å². The van der Waals surface area contributed by atoms with Gasteiger partial charge in [-0.1, -0.05) is 226 Å². The highest BCUT2D eigenvalue weighted by Crippen LogP contribution is 2.65. The van der Waals surface area contributed by atoms with Gasteiger partial charge in [-0.05, 0) is 90.5 Å². The molecule has 0 N–H and O–H groups in total. The van der Waals surface area contributed by atoms with E-state index in [0.29, 0.717) is 0 Å². The summed E-state index contributed by atoms with van der Waals surface area (Å²) in [7, 11) is 2.19. The fraction of sp³-hybridized carbons (Fsp3) is 0.100. The lowest BCUT2D eigenvalue weighted by molar-refractivity contribution is 0.623. The standard InChI is InChI=1S/C45H33N.C15H14/c1-46(34-22-9-4-10-23-34)42-31-17-30-41-43(42)35-24-11-12-25-36(35)45(41)39-28-15-13-26-37(39)44(32-18-5-2-6-19-32,33-20-7-3-8-21-33)38-27-14-16-29-40(38)45;1-15(2)13-9-5-3-7-11(13)12-8-4-6-10-14(12)15/h2-31H,1H3;3-10H,1-2H3. The molecule has 0 radical (unpaired) electrons. The van der Waals surface area contributed by atoms with E-state index in [1.54, 1.807) is 0 Å². The summed E-state index contributed by atoms with van der Waals surface area (Å²) in [5, 5.41) is 0. The van der Waals surface area contributed by atoms with Crippen molar-refractivity contribution in [1.29, 1.82) is 0 Å². The fourth-order valence-corrected chi connectivity index (χ4v) is 11.4. The highest BCUT2D eigenvalue weighted by Gasteiger charge is 2.57. The van der Waals surface area contributed by atoms with Crippen molar-refractivity contribution < 1.29 is 0 Å². The number of rotatable bonds is 4. The molecule has 292 valence electrons. The fourth-order valence-electron chi connectivity index (χ4n) is 11.4. The molecule has 61 heavy (non-hydrogen) atoms. The maximum Gasteiger partial charge on any atom is 0.0720 e. The number of nitrogens with zero attached hydrogens (tertiary/aromatic N) is 1. The van der Waals surface area contributed by atoms with Gasteiger partial charge in [0.25, 0.3) is 0 Å². The molecule has 3 aliphatic carbocycles. The van der Waals surface area contributed by atoms with Crippen LogP contribution in [0.5, 0.6) is 0 Å². The average Bonchev–Trinajstić information content (AvgIpc) is 3.76. The molecular formula is C60H47N. The highest BCUT2D eigenvalue weighted by atomic mass is 15.1. The molecule has 0 saturated heterocycles. The molecule has 1 nitrogen and oxygen atoms in total. The second-order valence-electron chi connectivity index (χ2n) is 17.2. The van der Waals surface area contributed by atoms with Crippen LogP contribution in [0.15, 0.2) is 231 Å². The molecule has 12 rings (SSSR count). The number of fused-ring (bicyclic) bond motifs is 12. The highest BCUT2D eigenvalue weighted by molar-refractivity contribution is 5.96. The number of para-hydroxylation sites is 1. The van der Waals surface area contributed by atoms with Gasteiger partial charge in [-0.2, -0.15) is 0 Å². The Balaban J connectivity index is 0.000000235. The van der Waals surface area contributed by atoms with Gasteiger partial charge in [0.05, 0.1) is 10.8 Å². The van der Waals surface area contributed by atoms with Crippen molar-refractivity contribution >= 4 is 11.4 Å². The minimum absolute atomic E-state index is 0.160. The van der Waals surface area contributed by atoms with Gasteiger partial charge < -0.3 is 4.90 Å². The zero-order valence-electron chi connectivity index (χ0n) is 34.9. The smallest absolute Gasteiger partial charge is 0.0720 e. The summed E-state index contributed by atoms with van der Waals surface area (Å²) in [5.41, 5.74) is 20.4. The van der Waals surface area contributed by atoms with Crippen LogP contribution in [0.25, 0.3) is 22.3 Å². The summed E-state index contributed by atoms with van der Waals surface area (Å²) in [6, 6.07) is 84.8. The van der Waals surface area contributed by atoms with Gasteiger partial charge in [0.1, 0.15) is 0 Å². The quantitative estimate of drug-likeness (QED) is 0.172. The Morgan fingerprint density at radius 1 is 0.295 bits per heavy atom. The Morgan fingerprint density at radius 2 is 0.656 bits per heavy atom. The van der Waals surface area contributed by atoms with Crippen LogP contribution in [0.4, 0.5) is 11.4 Å². The van der Waals surface area contributed by atoms with Crippen molar-refractivity contribution in [2.24, 2.45) is 0 Å². The van der Waals surface area contributed by atoms with Gasteiger partial charge in [0, 0.05) is 29.4 Å². The van der Waals surface area contributed by atoms with Crippen LogP contribution in [0.2, 0.25) is 0 Å². The maximum absolute atomic E-state index is 2.39. The summed E-state index contributed by atoms with van der Waals surface area (Å²) in [4.78, 5) is 2.34. The molecule has 1 heteroatoms. The van der Waals surface area contributed by atoms with Gasteiger partial charge >= 0.3 is 0 Å². The SMILES string of the molecule is CC1(C)c2ccccc2-c2ccccc21.CN(c1ccccc1)c1cccc2c1-c1ccccc1C21c2ccccc2C(c2ccccc2)(c2ccccc2)c2ccccc21. The Morgan fingerprint density at radius 3 is 1.15 bits per heavy atom. The van der Waals surface area contributed by atoms with Crippen LogP contribution in [-0.2, 0) is 16.2 Å². The van der Waals surface area contributed by atoms with Crippen molar-refractivity contribution in [3.8, 4) is 22.3 Å². The van der Waals surface area contributed by atoms with Gasteiger partial charge in [0.15, 0.2) is 0 Å². The number of anilines is 2. The monoisotopic (exact) mass is 781 g/mol. The third-order valence-electron chi connectivity index (χ3n) is 13.9. The molecule has 0 unspecified atom stereocenters. The van der Waals surface area contributed by atoms with Crippen molar-refractivity contribution in [2.75, 3.05) is 11.9 Å². The van der Waals surface area contributed by atoms with E-state index in [4.69, 9.17) is 0 Å². The van der Waals surface area contributed by atoms with Gasteiger partial charge in [-0.15, -0.1) is 0 Å². The van der Waals surface area contributed by atoms with Crippen LogP contribution in [0.1, 0.15) is 69.5 Å². The molecule has 0 atom stereocenters. The molecule has 3 aliphatic rings. The van der Waals surface area contributed by atoms with E-state index in [1.807, 2.05) is 0 Å². The van der Waals surface area contributed by atoms with E-state index in [-0.39, 0.29) is 5.41 Å². The van der Waals surface area contributed by atoms with E-state index in [9.17, 15) is 0 Å². The van der Waals surface area contributed by atoms with Crippen molar-refractivity contribution in [1.82, 2.24) is 0 Å². The Hall–Kier alpha value is -7.22. The average molecular weight is 782 g/mol. The first-order valence-corrected chi connectivity index (χ1v) is 21.5. The Bertz CT molecular complexity index is 2930. The van der Waals surface area contributed by atoms with Gasteiger partial charge in [-0.3, -0.25) is 0 Å². The summed E-state index contributed by atoms with van der Waals surface area (Å²) >= 11 is 0. The molecular weight excluding hydrogens is 735 g/mol. The second-order valence-corrected chi connectivity index (χ2v) is 17.2. The molecule has 0 fully saturated rings. The van der Waals surface area contributed by atoms with E-state index in [0.717, 1.165) is 0 Å². The van der Waals surface area contributed by atoms with Crippen LogP contribution in [0, 0.1) is 0 Å². The Labute approximate surface area is 360 Å². The summed E-state index contributed by atoms with van der Waals surface area (Å²) in [6.07, 6.45) is 0. The van der Waals surface area contributed by atoms with E-state index in [2.05, 4.69) is 256 Å². The van der Waals surface area contributed by atoms with Crippen molar-refractivity contribution in [3.63, 3.8) is 0 Å². The largest absolute Gasteiger partial charge is 0.344 e. The zero-order chi connectivity index (χ0) is 41.2. The van der Waals surface area contributed by atoms with Crippen LogP contribution >= 0.6 is 0 Å². The summed E-state index contributed by atoms with van der Waals surface area (Å²) in [5.74, 6) is 0. The van der Waals surface area contributed by atoms with E-state index >= 15 is 0 Å². The predicted octanol–water partition coefficient (Wildman–Crippen LogP) is 14.5. The van der Waals surface area contributed by atoms with Crippen LogP contribution in [0.3, 0.4) is 0 Å². The summed E-state index contributed by atoms with van der Waals surface area (Å²) < 4.78 is 0. The molecule has 1 spiro atoms. The Kier molecular flexibility index (Phi) is 8.58. The van der Waals surface area contributed by atoms with E-state index in [1.165, 1.54) is 89.3 Å². The summed E-state index contributed by atoms with van der Waals surface area (Å²) in [6.45, 7) is 4.61. The number of benzene rings is 9. The van der Waals surface area contributed by atoms with Crippen molar-refractivity contribution in [2.45, 2.75) is 30.1 Å². The van der Waals surface area contributed by atoms with Crippen LogP contribution < -0.4 is 4.90 Å². The molecule has 0 aliphatic heterocycles. The molecule has 0 saturated carbocycles.